The fourth-order valence-electron chi connectivity index (χ4n) is 8.62. The Morgan fingerprint density at radius 3 is 2.28 bits per heavy atom. The van der Waals surface area contributed by atoms with Crippen LogP contribution in [0.25, 0.3) is 11.1 Å². The van der Waals surface area contributed by atoms with Gasteiger partial charge in [0.15, 0.2) is 6.29 Å². The molecule has 10 heteroatoms. The predicted molar refractivity (Wildman–Crippen MR) is 208 cm³/mol. The first-order valence-corrected chi connectivity index (χ1v) is 19.7. The van der Waals surface area contributed by atoms with Crippen LogP contribution in [0.2, 0.25) is 0 Å². The highest BCUT2D eigenvalue weighted by Crippen LogP contribution is 2.47. The summed E-state index contributed by atoms with van der Waals surface area (Å²) in [4.78, 5) is 20.5. The molecule has 2 aromatic rings. The van der Waals surface area contributed by atoms with Crippen LogP contribution in [-0.2, 0) is 35.0 Å². The minimum atomic E-state index is -0.847. The van der Waals surface area contributed by atoms with Gasteiger partial charge in [0.2, 0.25) is 0 Å². The molecule has 0 spiro atoms. The summed E-state index contributed by atoms with van der Waals surface area (Å²) in [6, 6.07) is 19.2. The number of epoxide rings is 1. The molecule has 0 aromatic heterocycles. The molecule has 10 atom stereocenters. The number of nitrogens with zero attached hydrogens (tertiary/aromatic N) is 3. The van der Waals surface area contributed by atoms with Crippen molar-refractivity contribution in [2.45, 2.75) is 116 Å². The van der Waals surface area contributed by atoms with E-state index in [-0.39, 0.29) is 42.2 Å². The third kappa shape index (κ3) is 10.5. The van der Waals surface area contributed by atoms with E-state index < -0.39 is 29.5 Å². The highest BCUT2D eigenvalue weighted by molar-refractivity contribution is 5.77. The fourth-order valence-corrected chi connectivity index (χ4v) is 8.62. The number of carbonyl (C=O) groups is 1. The molecule has 0 radical (unpaired) electrons. The highest BCUT2D eigenvalue weighted by Gasteiger charge is 2.60. The Kier molecular flexibility index (Phi) is 14.2. The van der Waals surface area contributed by atoms with Gasteiger partial charge in [-0.3, -0.25) is 9.69 Å². The zero-order valence-electron chi connectivity index (χ0n) is 34.0. The van der Waals surface area contributed by atoms with Crippen LogP contribution in [0.4, 0.5) is 0 Å². The molecule has 2 aromatic carbocycles. The van der Waals surface area contributed by atoms with Crippen molar-refractivity contribution in [3.63, 3.8) is 0 Å². The smallest absolute Gasteiger partial charge is 0.314 e. The minimum absolute atomic E-state index is 0.0847. The number of benzene rings is 2. The first-order chi connectivity index (χ1) is 25.1. The molecule has 3 heterocycles. The van der Waals surface area contributed by atoms with Crippen LogP contribution in [-0.4, -0.2) is 135 Å². The SMILES string of the molecule is CO[C@]1(C)C[C@@H](C)CN(C)CCN(Cc2ccc(-c3ccccc3)cc2)CCCOC(=O)C(C)(C)C2OC2[C@H](C)[C@H]1O[C@@H]1O[C@H](C)C[C@H](N(C)C)[C@H]1O. The van der Waals surface area contributed by atoms with Crippen molar-refractivity contribution >= 4 is 5.97 Å². The minimum Gasteiger partial charge on any atom is -0.465 e. The first-order valence-electron chi connectivity index (χ1n) is 19.7. The third-order valence-electron chi connectivity index (χ3n) is 11.9. The van der Waals surface area contributed by atoms with Crippen molar-refractivity contribution in [2.75, 3.05) is 61.0 Å². The molecule has 53 heavy (non-hydrogen) atoms. The molecule has 3 fully saturated rings. The zero-order chi connectivity index (χ0) is 38.5. The Balaban J connectivity index is 1.35. The number of aliphatic hydroxyl groups excluding tert-OH is 1. The maximum Gasteiger partial charge on any atom is 0.314 e. The van der Waals surface area contributed by atoms with Gasteiger partial charge < -0.3 is 38.6 Å². The monoisotopic (exact) mass is 737 g/mol. The lowest BCUT2D eigenvalue weighted by Gasteiger charge is -2.47. The Hall–Kier alpha value is -2.41. The number of hydrogen-bond acceptors (Lipinski definition) is 10. The number of aliphatic hydroxyl groups is 1. The van der Waals surface area contributed by atoms with Crippen LogP contribution in [0.3, 0.4) is 0 Å². The molecule has 2 unspecified atom stereocenters. The van der Waals surface area contributed by atoms with Gasteiger partial charge in [0.1, 0.15) is 12.2 Å². The number of carbonyl (C=O) groups excluding carboxylic acids is 1. The van der Waals surface area contributed by atoms with Crippen molar-refractivity contribution in [3.05, 3.63) is 60.2 Å². The summed E-state index contributed by atoms with van der Waals surface area (Å²) in [5.74, 6) is -0.147. The summed E-state index contributed by atoms with van der Waals surface area (Å²) in [7, 11) is 7.88. The van der Waals surface area contributed by atoms with E-state index in [9.17, 15) is 9.90 Å². The molecule has 3 saturated heterocycles. The van der Waals surface area contributed by atoms with E-state index in [1.165, 1.54) is 16.7 Å². The Morgan fingerprint density at radius 2 is 1.62 bits per heavy atom. The summed E-state index contributed by atoms with van der Waals surface area (Å²) < 4.78 is 31.8. The summed E-state index contributed by atoms with van der Waals surface area (Å²) >= 11 is 0. The highest BCUT2D eigenvalue weighted by atomic mass is 16.7. The Labute approximate surface area is 319 Å². The van der Waals surface area contributed by atoms with Gasteiger partial charge >= 0.3 is 5.97 Å². The normalized spacial score (nSPS) is 35.5. The van der Waals surface area contributed by atoms with Gasteiger partial charge in [-0.1, -0.05) is 68.4 Å². The zero-order valence-corrected chi connectivity index (χ0v) is 34.0. The maximum atomic E-state index is 13.6. The number of fused-ring (bicyclic) bond motifs is 1. The predicted octanol–water partition coefficient (Wildman–Crippen LogP) is 5.71. The van der Waals surface area contributed by atoms with Gasteiger partial charge in [-0.2, -0.15) is 0 Å². The number of cyclic esters (lactones) is 1. The fraction of sp³-hybridized carbons (Fsp3) is 0.698. The van der Waals surface area contributed by atoms with E-state index in [1.54, 1.807) is 7.11 Å². The molecule has 296 valence electrons. The summed E-state index contributed by atoms with van der Waals surface area (Å²) in [6.07, 6.45) is -0.650. The summed E-state index contributed by atoms with van der Waals surface area (Å²) in [6.45, 7) is 17.0. The number of methoxy groups -OCH3 is 1. The van der Waals surface area contributed by atoms with E-state index in [2.05, 4.69) is 86.1 Å². The number of likely N-dealkylation sites (N-methyl/N-ethyl adjacent to an activating group) is 2. The number of hydrogen-bond donors (Lipinski definition) is 1. The Morgan fingerprint density at radius 1 is 0.943 bits per heavy atom. The summed E-state index contributed by atoms with van der Waals surface area (Å²) in [5, 5.41) is 11.5. The first kappa shape index (κ1) is 41.7. The van der Waals surface area contributed by atoms with Crippen LogP contribution in [0, 0.1) is 17.3 Å². The van der Waals surface area contributed by atoms with Crippen LogP contribution < -0.4 is 0 Å². The summed E-state index contributed by atoms with van der Waals surface area (Å²) in [5.41, 5.74) is 2.09. The molecule has 5 rings (SSSR count). The van der Waals surface area contributed by atoms with E-state index in [1.807, 2.05) is 45.8 Å². The molecule has 3 aliphatic rings. The molecular formula is C43H67N3O7. The topological polar surface area (TPSA) is 96.5 Å². The largest absolute Gasteiger partial charge is 0.465 e. The lowest BCUT2D eigenvalue weighted by Crippen LogP contribution is -2.58. The quantitative estimate of drug-likeness (QED) is 0.282. The number of esters is 1. The van der Waals surface area contributed by atoms with Gasteiger partial charge in [0.05, 0.1) is 35.9 Å². The van der Waals surface area contributed by atoms with Crippen molar-refractivity contribution in [1.82, 2.24) is 14.7 Å². The second kappa shape index (κ2) is 18.0. The standard InChI is InChI=1S/C43H67N3O7/c1-29-26-43(6,49-10)38(53-40-36(47)35(44(7)8)25-30(2)51-40)31(3)37-39(52-37)42(4,5)41(48)50-24-14-21-46(23-22-45(9)27-29)28-32-17-19-34(20-18-32)33-15-12-11-13-16-33/h11-13,15-20,29-31,35-40,47H,14,21-28H2,1-10H3/t29-,30-,31+,35+,36-,37?,38-,39?,40+,43-/m1/s1. The average Bonchev–Trinajstić information content (AvgIpc) is 3.94. The molecule has 1 N–H and O–H groups in total. The van der Waals surface area contributed by atoms with Crippen molar-refractivity contribution in [1.29, 1.82) is 0 Å². The molecule has 3 aliphatic heterocycles. The van der Waals surface area contributed by atoms with Gasteiger partial charge in [-0.05, 0) is 90.7 Å². The Bertz CT molecular complexity index is 1440. The third-order valence-corrected chi connectivity index (χ3v) is 11.9. The molecule has 0 amide bonds. The van der Waals surface area contributed by atoms with Crippen LogP contribution in [0.1, 0.15) is 66.4 Å². The molecule has 0 aliphatic carbocycles. The molecule has 0 saturated carbocycles. The second-order valence-electron chi connectivity index (χ2n) is 17.1. The molecule has 0 bridgehead atoms. The lowest BCUT2D eigenvalue weighted by atomic mass is 9.77. The van der Waals surface area contributed by atoms with Gasteiger partial charge in [-0.25, -0.2) is 0 Å². The maximum absolute atomic E-state index is 13.6. The molecule has 10 nitrogen and oxygen atoms in total. The van der Waals surface area contributed by atoms with Crippen molar-refractivity contribution in [3.8, 4) is 11.1 Å². The van der Waals surface area contributed by atoms with Crippen molar-refractivity contribution < 1.29 is 33.6 Å². The van der Waals surface area contributed by atoms with Crippen molar-refractivity contribution in [2.24, 2.45) is 17.3 Å². The van der Waals surface area contributed by atoms with Crippen LogP contribution >= 0.6 is 0 Å². The van der Waals surface area contributed by atoms with Crippen LogP contribution in [0.5, 0.6) is 0 Å². The second-order valence-corrected chi connectivity index (χ2v) is 17.1. The van der Waals surface area contributed by atoms with Gasteiger partial charge in [0.25, 0.3) is 0 Å². The van der Waals surface area contributed by atoms with E-state index in [4.69, 9.17) is 23.7 Å². The van der Waals surface area contributed by atoms with Gasteiger partial charge in [0, 0.05) is 51.8 Å². The van der Waals surface area contributed by atoms with Crippen LogP contribution in [0.15, 0.2) is 54.6 Å². The van der Waals surface area contributed by atoms with E-state index >= 15 is 0 Å². The lowest BCUT2D eigenvalue weighted by molar-refractivity contribution is -0.297. The number of rotatable bonds is 7. The number of ether oxygens (including phenoxy) is 5. The van der Waals surface area contributed by atoms with E-state index in [0.29, 0.717) is 13.0 Å². The average molecular weight is 738 g/mol. The van der Waals surface area contributed by atoms with Gasteiger partial charge in [-0.15, -0.1) is 0 Å². The van der Waals surface area contributed by atoms with E-state index in [0.717, 1.165) is 45.6 Å². The molecular weight excluding hydrogens is 670 g/mol.